The number of carbonyl (C=O) groups is 2. The minimum atomic E-state index is -0.455. The van der Waals surface area contributed by atoms with E-state index in [9.17, 15) is 14.7 Å². The molecule has 9 atom stereocenters. The zero-order valence-electron chi connectivity index (χ0n) is 27.5. The van der Waals surface area contributed by atoms with Crippen LogP contribution >= 0.6 is 23.5 Å². The molecule has 0 aromatic carbocycles. The van der Waals surface area contributed by atoms with Crippen LogP contribution in [0.3, 0.4) is 0 Å². The quantitative estimate of drug-likeness (QED) is 0.320. The van der Waals surface area contributed by atoms with Gasteiger partial charge in [-0.05, 0) is 115 Å². The lowest BCUT2D eigenvalue weighted by Gasteiger charge is -2.72. The highest BCUT2D eigenvalue weighted by Gasteiger charge is 2.71. The molecule has 42 heavy (non-hydrogen) atoms. The van der Waals surface area contributed by atoms with Crippen molar-refractivity contribution in [3.63, 3.8) is 0 Å². The molecular formula is C36H56O4S2. The van der Waals surface area contributed by atoms with E-state index in [2.05, 4.69) is 48.5 Å². The molecule has 1 heterocycles. The molecule has 6 heteroatoms. The SMILES string of the molecule is CC(=O)OC1CCC2(C)C(CCC3(C)C2CCC2C4=C(C(C)C)C(=O)CC4(C(O)C4SCCCS4)CCC23C)C1(C)C. The number of thioether (sulfide) groups is 2. The van der Waals surface area contributed by atoms with E-state index in [1.807, 2.05) is 23.5 Å². The molecule has 0 amide bonds. The van der Waals surface area contributed by atoms with Crippen molar-refractivity contribution in [2.75, 3.05) is 11.5 Å². The topological polar surface area (TPSA) is 63.6 Å². The van der Waals surface area contributed by atoms with Crippen LogP contribution in [0.25, 0.3) is 0 Å². The first-order valence-corrected chi connectivity index (χ1v) is 19.1. The highest BCUT2D eigenvalue weighted by atomic mass is 32.2. The lowest BCUT2D eigenvalue weighted by Crippen LogP contribution is -2.66. The first-order chi connectivity index (χ1) is 19.6. The molecule has 0 aromatic rings. The molecule has 236 valence electrons. The minimum Gasteiger partial charge on any atom is -0.462 e. The summed E-state index contributed by atoms with van der Waals surface area (Å²) in [6.45, 7) is 18.5. The summed E-state index contributed by atoms with van der Waals surface area (Å²) in [5, 5.41) is 12.2. The van der Waals surface area contributed by atoms with Gasteiger partial charge in [0.05, 0.1) is 10.7 Å². The molecule has 0 aromatic heterocycles. The smallest absolute Gasteiger partial charge is 0.302 e. The second kappa shape index (κ2) is 10.5. The Morgan fingerprint density at radius 2 is 1.60 bits per heavy atom. The molecular weight excluding hydrogens is 561 g/mol. The number of fused-ring (bicyclic) bond motifs is 7. The van der Waals surface area contributed by atoms with Crippen LogP contribution in [-0.4, -0.2) is 45.2 Å². The third-order valence-corrected chi connectivity index (χ3v) is 17.4. The van der Waals surface area contributed by atoms with Crippen molar-refractivity contribution in [2.45, 2.75) is 136 Å². The molecule has 1 aliphatic heterocycles. The highest BCUT2D eigenvalue weighted by Crippen LogP contribution is 2.77. The third kappa shape index (κ3) is 4.25. The monoisotopic (exact) mass is 616 g/mol. The lowest BCUT2D eigenvalue weighted by molar-refractivity contribution is -0.234. The number of esters is 1. The Labute approximate surface area is 263 Å². The van der Waals surface area contributed by atoms with E-state index in [4.69, 9.17) is 4.74 Å². The maximum absolute atomic E-state index is 13.9. The molecule has 1 N–H and O–H groups in total. The van der Waals surface area contributed by atoms with Crippen LogP contribution in [0.1, 0.15) is 120 Å². The molecule has 6 aliphatic rings. The summed E-state index contributed by atoms with van der Waals surface area (Å²) in [6.07, 6.45) is 10.1. The van der Waals surface area contributed by atoms with Crippen molar-refractivity contribution < 1.29 is 19.4 Å². The number of hydrogen-bond donors (Lipinski definition) is 1. The van der Waals surface area contributed by atoms with Crippen LogP contribution in [0.15, 0.2) is 11.1 Å². The van der Waals surface area contributed by atoms with Crippen molar-refractivity contribution >= 4 is 35.3 Å². The average Bonchev–Trinajstić information content (AvgIpc) is 3.24. The summed E-state index contributed by atoms with van der Waals surface area (Å²) < 4.78 is 6.11. The minimum absolute atomic E-state index is 0.0000693. The molecule has 6 rings (SSSR count). The summed E-state index contributed by atoms with van der Waals surface area (Å²) in [6, 6.07) is 0. The van der Waals surface area contributed by atoms with Gasteiger partial charge in [-0.2, -0.15) is 0 Å². The van der Waals surface area contributed by atoms with Crippen LogP contribution in [0, 0.1) is 50.7 Å². The number of ether oxygens (including phenoxy) is 1. The summed E-state index contributed by atoms with van der Waals surface area (Å²) in [5.41, 5.74) is 2.57. The Morgan fingerprint density at radius 1 is 0.905 bits per heavy atom. The summed E-state index contributed by atoms with van der Waals surface area (Å²) >= 11 is 3.86. The Bertz CT molecular complexity index is 1160. The van der Waals surface area contributed by atoms with Crippen molar-refractivity contribution in [2.24, 2.45) is 50.7 Å². The standard InChI is InChI=1S/C36H56O4S2/c1-21(2)28-24(38)20-36(30(39)31-41-18-9-19-42-31)17-16-34(7)23(29(28)36)10-11-26-33(6)14-13-27(40-22(3)37)32(4,5)25(33)12-15-35(26,34)8/h21,23,25-27,30-31,39H,9-20H2,1-8H3. The van der Waals surface area contributed by atoms with Gasteiger partial charge in [-0.25, -0.2) is 0 Å². The van der Waals surface area contributed by atoms with Crippen LogP contribution in [0.2, 0.25) is 0 Å². The number of aliphatic hydroxyl groups is 1. The van der Waals surface area contributed by atoms with Crippen LogP contribution in [0.4, 0.5) is 0 Å². The maximum atomic E-state index is 13.9. The fraction of sp³-hybridized carbons (Fsp3) is 0.889. The Kier molecular flexibility index (Phi) is 7.91. The van der Waals surface area contributed by atoms with Gasteiger partial charge in [-0.1, -0.05) is 54.0 Å². The lowest BCUT2D eigenvalue weighted by atomic mass is 9.33. The van der Waals surface area contributed by atoms with Gasteiger partial charge in [-0.15, -0.1) is 23.5 Å². The fourth-order valence-corrected chi connectivity index (χ4v) is 15.5. The van der Waals surface area contributed by atoms with Gasteiger partial charge >= 0.3 is 5.97 Å². The molecule has 9 unspecified atom stereocenters. The second-order valence-corrected chi connectivity index (χ2v) is 19.5. The van der Waals surface area contributed by atoms with Crippen molar-refractivity contribution in [3.05, 3.63) is 11.1 Å². The van der Waals surface area contributed by atoms with E-state index in [0.717, 1.165) is 49.2 Å². The number of Topliss-reactive ketones (excluding diaryl/α,β-unsaturated/α-hetero) is 1. The Hall–Kier alpha value is -0.460. The molecule has 0 bridgehead atoms. The van der Waals surface area contributed by atoms with Gasteiger partial charge in [0.25, 0.3) is 0 Å². The summed E-state index contributed by atoms with van der Waals surface area (Å²) in [7, 11) is 0. The van der Waals surface area contributed by atoms with Gasteiger partial charge in [0.15, 0.2) is 5.78 Å². The zero-order valence-corrected chi connectivity index (χ0v) is 29.1. The van der Waals surface area contributed by atoms with Crippen molar-refractivity contribution in [3.8, 4) is 0 Å². The van der Waals surface area contributed by atoms with Gasteiger partial charge in [0.2, 0.25) is 0 Å². The van der Waals surface area contributed by atoms with E-state index in [1.165, 1.54) is 31.3 Å². The molecule has 1 saturated heterocycles. The van der Waals surface area contributed by atoms with Gasteiger partial charge < -0.3 is 9.84 Å². The number of ketones is 1. The number of hydrogen-bond acceptors (Lipinski definition) is 6. The van der Waals surface area contributed by atoms with E-state index in [0.29, 0.717) is 30.0 Å². The first-order valence-electron chi connectivity index (χ1n) is 17.0. The molecule has 5 fully saturated rings. The number of aliphatic hydroxyl groups excluding tert-OH is 1. The number of carbonyl (C=O) groups excluding carboxylic acids is 2. The Balaban J connectivity index is 1.39. The van der Waals surface area contributed by atoms with E-state index < -0.39 is 6.10 Å². The van der Waals surface area contributed by atoms with Crippen molar-refractivity contribution in [1.82, 2.24) is 0 Å². The zero-order chi connectivity index (χ0) is 30.5. The van der Waals surface area contributed by atoms with E-state index >= 15 is 0 Å². The molecule has 4 nitrogen and oxygen atoms in total. The average molecular weight is 617 g/mol. The molecule has 5 aliphatic carbocycles. The van der Waals surface area contributed by atoms with Gasteiger partial charge in [0, 0.05) is 24.2 Å². The predicted molar refractivity (Wildman–Crippen MR) is 174 cm³/mol. The second-order valence-electron chi connectivity index (χ2n) is 16.7. The van der Waals surface area contributed by atoms with Crippen molar-refractivity contribution in [1.29, 1.82) is 0 Å². The molecule has 0 radical (unpaired) electrons. The van der Waals surface area contributed by atoms with E-state index in [-0.39, 0.29) is 49.6 Å². The Morgan fingerprint density at radius 3 is 2.24 bits per heavy atom. The van der Waals surface area contributed by atoms with Gasteiger partial charge in [-0.3, -0.25) is 9.59 Å². The number of allylic oxidation sites excluding steroid dienone is 1. The molecule has 0 spiro atoms. The summed E-state index contributed by atoms with van der Waals surface area (Å²) in [5.74, 6) is 4.12. The van der Waals surface area contributed by atoms with Crippen LogP contribution < -0.4 is 0 Å². The van der Waals surface area contributed by atoms with Gasteiger partial charge in [0.1, 0.15) is 6.10 Å². The van der Waals surface area contributed by atoms with E-state index in [1.54, 1.807) is 6.92 Å². The van der Waals surface area contributed by atoms with Crippen LogP contribution in [-0.2, 0) is 14.3 Å². The number of rotatable bonds is 4. The normalized spacial score (nSPS) is 46.0. The largest absolute Gasteiger partial charge is 0.462 e. The predicted octanol–water partition coefficient (Wildman–Crippen LogP) is 8.46. The maximum Gasteiger partial charge on any atom is 0.302 e. The van der Waals surface area contributed by atoms with Crippen LogP contribution in [0.5, 0.6) is 0 Å². The summed E-state index contributed by atoms with van der Waals surface area (Å²) in [4.78, 5) is 25.9. The first kappa shape index (κ1) is 31.5. The molecule has 4 saturated carbocycles. The third-order valence-electron chi connectivity index (χ3n) is 14.4. The highest BCUT2D eigenvalue weighted by molar-refractivity contribution is 8.17. The fourth-order valence-electron chi connectivity index (χ4n) is 12.4.